The number of carbonyl (C=O) groups excluding carboxylic acids is 1. The number of hydrogen-bond acceptors (Lipinski definition) is 9. The lowest BCUT2D eigenvalue weighted by molar-refractivity contribution is -0.141. The molecule has 1 aliphatic carbocycles. The number of rotatable bonds is 8. The first-order valence-corrected chi connectivity index (χ1v) is 19.4. The molecule has 3 saturated heterocycles. The number of anilines is 2. The van der Waals surface area contributed by atoms with Crippen molar-refractivity contribution in [1.82, 2.24) is 19.8 Å². The van der Waals surface area contributed by atoms with Gasteiger partial charge in [-0.25, -0.2) is 13.2 Å². The van der Waals surface area contributed by atoms with Gasteiger partial charge in [0.2, 0.25) is 5.91 Å². The van der Waals surface area contributed by atoms with Gasteiger partial charge in [-0.3, -0.25) is 9.69 Å². The fraction of sp³-hybridized carbons (Fsp3) is 0.526. The molecule has 0 radical (unpaired) electrons. The van der Waals surface area contributed by atoms with Gasteiger partial charge in [-0.1, -0.05) is 6.07 Å². The van der Waals surface area contributed by atoms with Gasteiger partial charge in [0.1, 0.15) is 41.7 Å². The average molecular weight is 826 g/mol. The number of likely N-dealkylation sites (N-methyl/N-ethyl adjacent to an activating group) is 1. The Bertz CT molecular complexity index is 2330. The van der Waals surface area contributed by atoms with E-state index in [4.69, 9.17) is 10.5 Å². The number of nitrogens with zero attached hydrogens (tertiary/aromatic N) is 6. The summed E-state index contributed by atoms with van der Waals surface area (Å²) in [5, 5.41) is 8.45. The summed E-state index contributed by atoms with van der Waals surface area (Å²) in [7, 11) is 0. The fourth-order valence-electron chi connectivity index (χ4n) is 9.20. The van der Waals surface area contributed by atoms with Gasteiger partial charge in [0.05, 0.1) is 38.4 Å². The van der Waals surface area contributed by atoms with Gasteiger partial charge in [0.25, 0.3) is 0 Å². The largest absolute Gasteiger partial charge is 0.461 e. The minimum atomic E-state index is -5.55. The molecule has 9 nitrogen and oxygen atoms in total. The van der Waals surface area contributed by atoms with Gasteiger partial charge in [0.15, 0.2) is 0 Å². The van der Waals surface area contributed by atoms with Crippen molar-refractivity contribution in [3.05, 3.63) is 40.7 Å². The molecule has 2 aromatic heterocycles. The van der Waals surface area contributed by atoms with Crippen molar-refractivity contribution in [2.75, 3.05) is 43.4 Å². The molecular formula is C38H36F9N7O2S. The van der Waals surface area contributed by atoms with Gasteiger partial charge in [0, 0.05) is 54.5 Å². The van der Waals surface area contributed by atoms with Crippen LogP contribution in [-0.4, -0.2) is 88.4 Å². The summed E-state index contributed by atoms with van der Waals surface area (Å²) >= 11 is 0.515. The van der Waals surface area contributed by atoms with E-state index in [1.165, 1.54) is 9.80 Å². The number of carbonyl (C=O) groups is 1. The van der Waals surface area contributed by atoms with Crippen LogP contribution in [0.25, 0.3) is 32.1 Å². The number of nitrogen functional groups attached to an aromatic ring is 1. The van der Waals surface area contributed by atoms with Crippen LogP contribution in [0.5, 0.6) is 6.01 Å². The van der Waals surface area contributed by atoms with E-state index in [9.17, 15) is 18.8 Å². The molecule has 6 unspecified atom stereocenters. The lowest BCUT2D eigenvalue weighted by atomic mass is 9.88. The van der Waals surface area contributed by atoms with Crippen LogP contribution < -0.4 is 15.4 Å². The van der Waals surface area contributed by atoms with E-state index in [1.807, 2.05) is 4.90 Å². The number of likely N-dealkylation sites (tertiary alicyclic amines) is 1. The lowest BCUT2D eigenvalue weighted by Gasteiger charge is -2.32. The molecule has 1 saturated carbocycles. The summed E-state index contributed by atoms with van der Waals surface area (Å²) in [4.78, 5) is 26.7. The molecule has 19 heteroatoms. The van der Waals surface area contributed by atoms with E-state index in [0.29, 0.717) is 42.9 Å². The second-order valence-corrected chi connectivity index (χ2v) is 16.4. The van der Waals surface area contributed by atoms with Crippen molar-refractivity contribution >= 4 is 49.1 Å². The van der Waals surface area contributed by atoms with Crippen LogP contribution in [0.2, 0.25) is 0 Å². The molecular weight excluding hydrogens is 790 g/mol. The molecule has 2 N–H and O–H groups in total. The summed E-state index contributed by atoms with van der Waals surface area (Å²) in [5.41, 5.74) is -2.03. The highest BCUT2D eigenvalue weighted by molar-refractivity contribution is 7.23. The Labute approximate surface area is 324 Å². The summed E-state index contributed by atoms with van der Waals surface area (Å²) < 4.78 is 143. The Balaban J connectivity index is 1.38. The first-order chi connectivity index (χ1) is 26.9. The van der Waals surface area contributed by atoms with E-state index >= 15 is 30.7 Å². The number of amides is 1. The predicted molar refractivity (Wildman–Crippen MR) is 194 cm³/mol. The average Bonchev–Trinajstić information content (AvgIpc) is 3.40. The minimum Gasteiger partial charge on any atom is -0.461 e. The second-order valence-electron chi connectivity index (χ2n) is 15.4. The third-order valence-electron chi connectivity index (χ3n) is 11.9. The minimum absolute atomic E-state index is 0.00410. The van der Waals surface area contributed by atoms with Crippen LogP contribution in [0.1, 0.15) is 62.6 Å². The summed E-state index contributed by atoms with van der Waals surface area (Å²) in [6.07, 6.45) is -11.8. The van der Waals surface area contributed by atoms with E-state index < -0.39 is 115 Å². The van der Waals surface area contributed by atoms with Gasteiger partial charge in [-0.2, -0.15) is 41.6 Å². The second kappa shape index (κ2) is 13.8. The first-order valence-electron chi connectivity index (χ1n) is 18.5. The van der Waals surface area contributed by atoms with E-state index in [2.05, 4.69) is 9.97 Å². The van der Waals surface area contributed by atoms with Crippen LogP contribution in [-0.2, 0) is 17.1 Å². The molecule has 1 amide bonds. The zero-order chi connectivity index (χ0) is 40.9. The number of thiophene rings is 1. The molecule has 3 aliphatic heterocycles. The zero-order valence-corrected chi connectivity index (χ0v) is 31.4. The normalized spacial score (nSPS) is 26.4. The van der Waals surface area contributed by atoms with Gasteiger partial charge >= 0.3 is 18.4 Å². The highest BCUT2D eigenvalue weighted by atomic mass is 32.1. The Morgan fingerprint density at radius 1 is 1.14 bits per heavy atom. The maximum Gasteiger partial charge on any atom is 0.419 e. The maximum absolute atomic E-state index is 15.7. The first kappa shape index (κ1) is 39.3. The van der Waals surface area contributed by atoms with Crippen LogP contribution in [0.15, 0.2) is 18.2 Å². The van der Waals surface area contributed by atoms with Crippen LogP contribution in [0.4, 0.5) is 50.3 Å². The highest BCUT2D eigenvalue weighted by Crippen LogP contribution is 2.53. The van der Waals surface area contributed by atoms with Crippen molar-refractivity contribution in [3.8, 4) is 23.2 Å². The molecule has 304 valence electrons. The molecule has 5 heterocycles. The maximum atomic E-state index is 15.7. The number of alkyl halides is 8. The van der Waals surface area contributed by atoms with Gasteiger partial charge in [-0.05, 0) is 63.8 Å². The number of nitriles is 1. The zero-order valence-electron chi connectivity index (χ0n) is 30.6. The van der Waals surface area contributed by atoms with E-state index in [0.717, 1.165) is 6.07 Å². The molecule has 57 heavy (non-hydrogen) atoms. The molecule has 0 spiro atoms. The highest BCUT2D eigenvalue weighted by Gasteiger charge is 2.51. The topological polar surface area (TPSA) is 112 Å². The smallest absolute Gasteiger partial charge is 0.419 e. The van der Waals surface area contributed by atoms with Crippen LogP contribution in [0.3, 0.4) is 0 Å². The molecule has 4 aromatic rings. The van der Waals surface area contributed by atoms with Crippen molar-refractivity contribution in [2.45, 2.75) is 88.3 Å². The van der Waals surface area contributed by atoms with Crippen LogP contribution in [0, 0.1) is 23.1 Å². The van der Waals surface area contributed by atoms with E-state index in [-0.39, 0.29) is 56.3 Å². The van der Waals surface area contributed by atoms with Gasteiger partial charge in [-0.15, -0.1) is 11.3 Å². The lowest BCUT2D eigenvalue weighted by Crippen LogP contribution is -2.43. The number of aromatic nitrogens is 2. The molecule has 4 aliphatic rings. The standard InChI is InChI=1S/C38H36F9N7O2S/c1-3-53(19-9-17(2)54(15-19)34(55)21-11-26(21)41)33-22-10-24(37(42,43)44)28(20-5-6-25(40)31-27(20)23(13-48)32(49)57-31)29(38(45,46)47)30(22)50-35(51-33)56-16-36-7-4-8-52(36)14-18(39)12-36/h5-6,10,17-19,21,26H,3-4,7-9,11-12,14-16,49H2,1-2H3. The molecule has 2 aromatic carbocycles. The number of halogens is 9. The quantitative estimate of drug-likeness (QED) is 0.177. The Morgan fingerprint density at radius 2 is 1.88 bits per heavy atom. The van der Waals surface area contributed by atoms with E-state index in [1.54, 1.807) is 19.9 Å². The number of hydrogen-bond donors (Lipinski definition) is 1. The summed E-state index contributed by atoms with van der Waals surface area (Å²) in [6, 6.07) is 1.97. The Morgan fingerprint density at radius 3 is 2.53 bits per heavy atom. The molecule has 0 bridgehead atoms. The third-order valence-corrected chi connectivity index (χ3v) is 12.9. The SMILES string of the molecule is CCN(c1nc(OCC23CCCN2CC(F)C3)nc2c(C(F)(F)F)c(-c3ccc(F)c4sc(N)c(C#N)c34)c(C(F)(F)F)cc12)C1CC(C)N(C(=O)C2CC2F)C1. The van der Waals surface area contributed by atoms with Crippen molar-refractivity contribution in [1.29, 1.82) is 5.26 Å². The van der Waals surface area contributed by atoms with Gasteiger partial charge < -0.3 is 20.3 Å². The number of fused-ring (bicyclic) bond motifs is 3. The molecule has 6 atom stereocenters. The van der Waals surface area contributed by atoms with Crippen molar-refractivity contribution in [3.63, 3.8) is 0 Å². The predicted octanol–water partition coefficient (Wildman–Crippen LogP) is 8.27. The Hall–Kier alpha value is -4.57. The monoisotopic (exact) mass is 825 g/mol. The summed E-state index contributed by atoms with van der Waals surface area (Å²) in [6.45, 7) is 3.85. The van der Waals surface area contributed by atoms with Crippen molar-refractivity contribution in [2.24, 2.45) is 5.92 Å². The number of nitrogens with two attached hydrogens (primary N) is 1. The number of benzene rings is 2. The van der Waals surface area contributed by atoms with Crippen molar-refractivity contribution < 1.29 is 49.0 Å². The van der Waals surface area contributed by atoms with Crippen LogP contribution >= 0.6 is 11.3 Å². The third kappa shape index (κ3) is 6.56. The summed E-state index contributed by atoms with van der Waals surface area (Å²) in [5.74, 6) is -2.57. The fourth-order valence-corrected chi connectivity index (χ4v) is 10.1. The molecule has 8 rings (SSSR count). The molecule has 4 fully saturated rings. The Kier molecular flexibility index (Phi) is 9.49. The number of ether oxygens (including phenoxy) is 1.